The van der Waals surface area contributed by atoms with Crippen LogP contribution in [0.2, 0.25) is 0 Å². The van der Waals surface area contributed by atoms with Crippen molar-refractivity contribution >= 4 is 10.0 Å². The summed E-state index contributed by atoms with van der Waals surface area (Å²) in [5.41, 5.74) is 6.32. The molecule has 0 radical (unpaired) electrons. The number of sulfonamides is 1. The molecule has 1 heterocycles. The molecule has 2 N–H and O–H groups in total. The Morgan fingerprint density at radius 1 is 1.47 bits per heavy atom. The molecule has 0 spiro atoms. The van der Waals surface area contributed by atoms with Crippen LogP contribution in [0.15, 0.2) is 23.1 Å². The Hall–Kier alpha value is -1.11. The molecule has 5 nitrogen and oxygen atoms in total. The monoisotopic (exact) mass is 256 g/mol. The molecule has 2 rings (SSSR count). The molecule has 0 unspecified atom stereocenters. The maximum Gasteiger partial charge on any atom is 0.242 e. The number of fused-ring (bicyclic) bond motifs is 1. The Morgan fingerprint density at radius 2 is 2.24 bits per heavy atom. The molecule has 1 aromatic rings. The fraction of sp³-hybridized carbons (Fsp3) is 0.455. The second-order valence-corrected chi connectivity index (χ2v) is 6.03. The fourth-order valence-corrected chi connectivity index (χ4v) is 3.04. The third kappa shape index (κ3) is 2.29. The van der Waals surface area contributed by atoms with Crippen LogP contribution in [0.3, 0.4) is 0 Å². The van der Waals surface area contributed by atoms with Gasteiger partial charge >= 0.3 is 0 Å². The van der Waals surface area contributed by atoms with Crippen LogP contribution in [0.5, 0.6) is 5.75 Å². The van der Waals surface area contributed by atoms with Gasteiger partial charge in [0.25, 0.3) is 0 Å². The number of benzene rings is 1. The topological polar surface area (TPSA) is 72.6 Å². The molecule has 0 amide bonds. The third-order valence-electron chi connectivity index (χ3n) is 2.81. The highest BCUT2D eigenvalue weighted by molar-refractivity contribution is 7.89. The molecule has 0 aromatic heterocycles. The van der Waals surface area contributed by atoms with E-state index in [1.165, 1.54) is 11.4 Å². The minimum Gasteiger partial charge on any atom is -0.493 e. The average molecular weight is 256 g/mol. The van der Waals surface area contributed by atoms with Gasteiger partial charge in [-0.3, -0.25) is 0 Å². The second kappa shape index (κ2) is 4.64. The molecule has 6 heteroatoms. The van der Waals surface area contributed by atoms with Crippen molar-refractivity contribution in [3.63, 3.8) is 0 Å². The van der Waals surface area contributed by atoms with Crippen LogP contribution < -0.4 is 10.5 Å². The van der Waals surface area contributed by atoms with Crippen LogP contribution in [0.1, 0.15) is 5.56 Å². The summed E-state index contributed by atoms with van der Waals surface area (Å²) in [5, 5.41) is 0. The van der Waals surface area contributed by atoms with Crippen molar-refractivity contribution in [2.24, 2.45) is 5.73 Å². The summed E-state index contributed by atoms with van der Waals surface area (Å²) in [6.45, 7) is 1.25. The van der Waals surface area contributed by atoms with Crippen molar-refractivity contribution in [3.05, 3.63) is 23.8 Å². The van der Waals surface area contributed by atoms with Gasteiger partial charge in [-0.1, -0.05) is 0 Å². The lowest BCUT2D eigenvalue weighted by Gasteiger charge is -2.16. The predicted octanol–water partition coefficient (Wildman–Crippen LogP) is 0.201. The van der Waals surface area contributed by atoms with Gasteiger partial charge in [-0.15, -0.1) is 0 Å². The summed E-state index contributed by atoms with van der Waals surface area (Å²) in [6.07, 6.45) is 0.763. The first-order chi connectivity index (χ1) is 8.05. The van der Waals surface area contributed by atoms with Crippen molar-refractivity contribution in [3.8, 4) is 5.75 Å². The van der Waals surface area contributed by atoms with Gasteiger partial charge in [0, 0.05) is 26.6 Å². The number of rotatable bonds is 4. The van der Waals surface area contributed by atoms with E-state index in [2.05, 4.69) is 0 Å². The van der Waals surface area contributed by atoms with E-state index < -0.39 is 10.0 Å². The van der Waals surface area contributed by atoms with Crippen LogP contribution in [0.25, 0.3) is 0 Å². The first-order valence-corrected chi connectivity index (χ1v) is 6.92. The largest absolute Gasteiger partial charge is 0.493 e. The molecule has 1 aliphatic heterocycles. The minimum absolute atomic E-state index is 0.303. The van der Waals surface area contributed by atoms with Gasteiger partial charge < -0.3 is 10.5 Å². The van der Waals surface area contributed by atoms with Crippen molar-refractivity contribution < 1.29 is 13.2 Å². The molecule has 0 saturated carbocycles. The summed E-state index contributed by atoms with van der Waals surface area (Å²) in [5.74, 6) is 0.783. The zero-order valence-corrected chi connectivity index (χ0v) is 10.5. The van der Waals surface area contributed by atoms with E-state index in [-0.39, 0.29) is 0 Å². The van der Waals surface area contributed by atoms with Crippen LogP contribution in [-0.4, -0.2) is 39.5 Å². The zero-order valence-electron chi connectivity index (χ0n) is 9.72. The predicted molar refractivity (Wildman–Crippen MR) is 64.5 cm³/mol. The first-order valence-electron chi connectivity index (χ1n) is 5.48. The summed E-state index contributed by atoms with van der Waals surface area (Å²) in [6, 6.07) is 4.97. The second-order valence-electron chi connectivity index (χ2n) is 3.98. The van der Waals surface area contributed by atoms with Gasteiger partial charge in [0.2, 0.25) is 10.0 Å². The molecular formula is C11H16N2O3S. The SMILES string of the molecule is CN(CCN)S(=O)(=O)c1ccc2c(c1)CCO2. The number of ether oxygens (including phenoxy) is 1. The highest BCUT2D eigenvalue weighted by Crippen LogP contribution is 2.28. The Bertz CT molecular complexity index is 513. The van der Waals surface area contributed by atoms with Gasteiger partial charge in [-0.05, 0) is 23.8 Å². The quantitative estimate of drug-likeness (QED) is 0.835. The van der Waals surface area contributed by atoms with E-state index in [1.54, 1.807) is 18.2 Å². The Morgan fingerprint density at radius 3 is 2.94 bits per heavy atom. The fourth-order valence-electron chi connectivity index (χ4n) is 1.81. The summed E-state index contributed by atoms with van der Waals surface area (Å²) >= 11 is 0. The molecule has 0 fully saturated rings. The van der Waals surface area contributed by atoms with E-state index >= 15 is 0 Å². The standard InChI is InChI=1S/C11H16N2O3S/c1-13(6-5-12)17(14,15)10-2-3-11-9(8-10)4-7-16-11/h2-3,8H,4-7,12H2,1H3. The van der Waals surface area contributed by atoms with Crippen LogP contribution in [0.4, 0.5) is 0 Å². The number of hydrogen-bond acceptors (Lipinski definition) is 4. The van der Waals surface area contributed by atoms with Crippen LogP contribution in [0, 0.1) is 0 Å². The zero-order chi connectivity index (χ0) is 12.5. The number of hydrogen-bond donors (Lipinski definition) is 1. The Labute approximate surface area is 101 Å². The lowest BCUT2D eigenvalue weighted by molar-refractivity contribution is 0.356. The van der Waals surface area contributed by atoms with Gasteiger partial charge in [-0.2, -0.15) is 4.31 Å². The van der Waals surface area contributed by atoms with E-state index in [0.29, 0.717) is 24.6 Å². The Kier molecular flexibility index (Phi) is 3.37. The smallest absolute Gasteiger partial charge is 0.242 e. The lowest BCUT2D eigenvalue weighted by atomic mass is 10.2. The van der Waals surface area contributed by atoms with E-state index in [9.17, 15) is 8.42 Å². The summed E-state index contributed by atoms with van der Waals surface area (Å²) in [7, 11) is -1.89. The van der Waals surface area contributed by atoms with Gasteiger partial charge in [0.15, 0.2) is 0 Å². The summed E-state index contributed by atoms with van der Waals surface area (Å²) < 4.78 is 30.9. The molecule has 1 aromatic carbocycles. The minimum atomic E-state index is -3.42. The molecule has 0 aliphatic carbocycles. The highest BCUT2D eigenvalue weighted by atomic mass is 32.2. The Balaban J connectivity index is 2.34. The van der Waals surface area contributed by atoms with Gasteiger partial charge in [0.05, 0.1) is 11.5 Å². The molecule has 0 atom stereocenters. The van der Waals surface area contributed by atoms with Crippen molar-refractivity contribution in [1.29, 1.82) is 0 Å². The van der Waals surface area contributed by atoms with Gasteiger partial charge in [0.1, 0.15) is 5.75 Å². The van der Waals surface area contributed by atoms with Crippen molar-refractivity contribution in [2.75, 3.05) is 26.7 Å². The van der Waals surface area contributed by atoms with Gasteiger partial charge in [-0.25, -0.2) is 8.42 Å². The number of nitrogens with zero attached hydrogens (tertiary/aromatic N) is 1. The van der Waals surface area contributed by atoms with E-state index in [1.807, 2.05) is 0 Å². The third-order valence-corrected chi connectivity index (χ3v) is 4.67. The highest BCUT2D eigenvalue weighted by Gasteiger charge is 2.22. The molecule has 17 heavy (non-hydrogen) atoms. The molecule has 1 aliphatic rings. The molecular weight excluding hydrogens is 240 g/mol. The molecule has 94 valence electrons. The average Bonchev–Trinajstić information content (AvgIpc) is 2.76. The maximum atomic E-state index is 12.2. The summed E-state index contributed by atoms with van der Waals surface area (Å²) in [4.78, 5) is 0.303. The van der Waals surface area contributed by atoms with E-state index in [0.717, 1.165) is 17.7 Å². The lowest BCUT2D eigenvalue weighted by Crippen LogP contribution is -2.31. The first kappa shape index (κ1) is 12.3. The maximum absolute atomic E-state index is 12.2. The number of nitrogens with two attached hydrogens (primary N) is 1. The van der Waals surface area contributed by atoms with E-state index in [4.69, 9.17) is 10.5 Å². The van der Waals surface area contributed by atoms with Crippen molar-refractivity contribution in [1.82, 2.24) is 4.31 Å². The van der Waals surface area contributed by atoms with Crippen LogP contribution in [-0.2, 0) is 16.4 Å². The normalized spacial score (nSPS) is 14.8. The molecule has 0 saturated heterocycles. The molecule has 0 bridgehead atoms. The number of likely N-dealkylation sites (N-methyl/N-ethyl adjacent to an activating group) is 1. The van der Waals surface area contributed by atoms with Crippen LogP contribution >= 0.6 is 0 Å². The van der Waals surface area contributed by atoms with Crippen molar-refractivity contribution in [2.45, 2.75) is 11.3 Å².